The van der Waals surface area contributed by atoms with Gasteiger partial charge in [-0.1, -0.05) is 15.9 Å². The van der Waals surface area contributed by atoms with Gasteiger partial charge >= 0.3 is 0 Å². The molecule has 0 aliphatic carbocycles. The maximum absolute atomic E-state index is 12.7. The van der Waals surface area contributed by atoms with Crippen molar-refractivity contribution in [2.45, 2.75) is 17.7 Å². The molecule has 0 saturated carbocycles. The van der Waals surface area contributed by atoms with E-state index in [4.69, 9.17) is 14.2 Å². The van der Waals surface area contributed by atoms with Gasteiger partial charge in [0.2, 0.25) is 5.75 Å². The number of alkyl halides is 1. The zero-order chi connectivity index (χ0) is 15.4. The predicted octanol–water partition coefficient (Wildman–Crippen LogP) is 2.71. The van der Waals surface area contributed by atoms with Crippen LogP contribution in [0.1, 0.15) is 23.2 Å². The Morgan fingerprint density at radius 2 is 1.90 bits per heavy atom. The van der Waals surface area contributed by atoms with Gasteiger partial charge < -0.3 is 19.1 Å². The number of carbonyl (C=O) groups is 1. The van der Waals surface area contributed by atoms with Crippen LogP contribution < -0.4 is 14.2 Å². The van der Waals surface area contributed by atoms with Crippen LogP contribution in [0.2, 0.25) is 0 Å². The summed E-state index contributed by atoms with van der Waals surface area (Å²) in [5.74, 6) is 1.36. The van der Waals surface area contributed by atoms with Crippen LogP contribution in [-0.4, -0.2) is 50.1 Å². The Bertz CT molecular complexity index is 521. The fourth-order valence-electron chi connectivity index (χ4n) is 2.55. The lowest BCUT2D eigenvalue weighted by Gasteiger charge is -2.30. The Kier molecular flexibility index (Phi) is 5.33. The minimum absolute atomic E-state index is 0.0445. The highest BCUT2D eigenvalue weighted by atomic mass is 79.9. The number of halogens is 1. The molecular weight excluding hydrogens is 338 g/mol. The molecule has 21 heavy (non-hydrogen) atoms. The van der Waals surface area contributed by atoms with Crippen LogP contribution in [0, 0.1) is 0 Å². The van der Waals surface area contributed by atoms with E-state index in [-0.39, 0.29) is 5.91 Å². The van der Waals surface area contributed by atoms with Crippen molar-refractivity contribution in [3.05, 3.63) is 17.7 Å². The molecule has 1 saturated heterocycles. The molecule has 0 radical (unpaired) electrons. The Hall–Kier alpha value is -1.43. The maximum Gasteiger partial charge on any atom is 0.257 e. The summed E-state index contributed by atoms with van der Waals surface area (Å²) in [7, 11) is 4.61. The van der Waals surface area contributed by atoms with Crippen molar-refractivity contribution < 1.29 is 19.0 Å². The van der Waals surface area contributed by atoms with E-state index in [1.165, 1.54) is 14.2 Å². The highest BCUT2D eigenvalue weighted by molar-refractivity contribution is 9.09. The van der Waals surface area contributed by atoms with E-state index >= 15 is 0 Å². The fraction of sp³-hybridized carbons (Fsp3) is 0.533. The second-order valence-corrected chi connectivity index (χ2v) is 6.17. The number of amides is 1. The first kappa shape index (κ1) is 15.9. The summed E-state index contributed by atoms with van der Waals surface area (Å²) < 4.78 is 16.0. The summed E-state index contributed by atoms with van der Waals surface area (Å²) in [6.45, 7) is 1.47. The Morgan fingerprint density at radius 3 is 2.48 bits per heavy atom. The number of methoxy groups -OCH3 is 3. The quantitative estimate of drug-likeness (QED) is 0.777. The Labute approximate surface area is 133 Å². The van der Waals surface area contributed by atoms with E-state index < -0.39 is 0 Å². The van der Waals surface area contributed by atoms with Crippen LogP contribution in [0.5, 0.6) is 17.2 Å². The zero-order valence-corrected chi connectivity index (χ0v) is 14.1. The molecule has 1 aromatic rings. The number of hydrogen-bond donors (Lipinski definition) is 0. The van der Waals surface area contributed by atoms with Crippen LogP contribution in [-0.2, 0) is 0 Å². The van der Waals surface area contributed by atoms with Gasteiger partial charge in [0.15, 0.2) is 11.5 Å². The standard InChI is InChI=1S/C15H20BrNO4/c1-19-12-7-6-11(13(20-2)14(12)21-3)15(18)17-8-4-5-10(16)9-17/h6-7,10H,4-5,8-9H2,1-3H3. The molecule has 1 atom stereocenters. The number of rotatable bonds is 4. The second kappa shape index (κ2) is 7.02. The van der Waals surface area contributed by atoms with Crippen molar-refractivity contribution in [3.63, 3.8) is 0 Å². The summed E-state index contributed by atoms with van der Waals surface area (Å²) in [4.78, 5) is 14.9. The largest absolute Gasteiger partial charge is 0.493 e. The molecule has 1 aromatic carbocycles. The van der Waals surface area contributed by atoms with E-state index in [1.54, 1.807) is 19.2 Å². The molecule has 5 nitrogen and oxygen atoms in total. The van der Waals surface area contributed by atoms with E-state index in [0.29, 0.717) is 34.2 Å². The highest BCUT2D eigenvalue weighted by Crippen LogP contribution is 2.40. The third kappa shape index (κ3) is 3.26. The molecule has 2 rings (SSSR count). The van der Waals surface area contributed by atoms with Gasteiger partial charge in [0.25, 0.3) is 5.91 Å². The van der Waals surface area contributed by atoms with Crippen LogP contribution in [0.3, 0.4) is 0 Å². The number of likely N-dealkylation sites (tertiary alicyclic amines) is 1. The number of carbonyl (C=O) groups excluding carboxylic acids is 1. The van der Waals surface area contributed by atoms with Crippen molar-refractivity contribution in [1.82, 2.24) is 4.90 Å². The first-order chi connectivity index (χ1) is 10.1. The summed E-state index contributed by atoms with van der Waals surface area (Å²) in [6.07, 6.45) is 2.09. The first-order valence-corrected chi connectivity index (χ1v) is 7.76. The third-order valence-electron chi connectivity index (χ3n) is 3.59. The van der Waals surface area contributed by atoms with E-state index in [1.807, 2.05) is 4.90 Å². The summed E-state index contributed by atoms with van der Waals surface area (Å²) in [5.41, 5.74) is 0.497. The average molecular weight is 358 g/mol. The van der Waals surface area contributed by atoms with Crippen LogP contribution in [0.25, 0.3) is 0 Å². The second-order valence-electron chi connectivity index (χ2n) is 4.87. The van der Waals surface area contributed by atoms with E-state index in [0.717, 1.165) is 19.4 Å². The maximum atomic E-state index is 12.7. The monoisotopic (exact) mass is 357 g/mol. The summed E-state index contributed by atoms with van der Waals surface area (Å²) >= 11 is 3.59. The average Bonchev–Trinajstić information content (AvgIpc) is 2.52. The minimum atomic E-state index is -0.0445. The number of hydrogen-bond acceptors (Lipinski definition) is 4. The van der Waals surface area contributed by atoms with Crippen LogP contribution in [0.4, 0.5) is 0 Å². The van der Waals surface area contributed by atoms with Crippen molar-refractivity contribution >= 4 is 21.8 Å². The van der Waals surface area contributed by atoms with Gasteiger partial charge in [-0.2, -0.15) is 0 Å². The molecule has 6 heteroatoms. The van der Waals surface area contributed by atoms with E-state index in [2.05, 4.69) is 15.9 Å². The lowest BCUT2D eigenvalue weighted by Crippen LogP contribution is -2.40. The lowest BCUT2D eigenvalue weighted by molar-refractivity contribution is 0.0725. The SMILES string of the molecule is COc1ccc(C(=O)N2CCCC(Br)C2)c(OC)c1OC. The first-order valence-electron chi connectivity index (χ1n) is 6.84. The van der Waals surface area contributed by atoms with E-state index in [9.17, 15) is 4.79 Å². The zero-order valence-electron chi connectivity index (χ0n) is 12.5. The molecule has 1 aliphatic rings. The van der Waals surface area contributed by atoms with Crippen molar-refractivity contribution in [2.24, 2.45) is 0 Å². The molecular formula is C15H20BrNO4. The molecule has 1 fully saturated rings. The van der Waals surface area contributed by atoms with Crippen molar-refractivity contribution in [3.8, 4) is 17.2 Å². The van der Waals surface area contributed by atoms with Crippen LogP contribution >= 0.6 is 15.9 Å². The third-order valence-corrected chi connectivity index (χ3v) is 4.33. The van der Waals surface area contributed by atoms with Gasteiger partial charge in [-0.05, 0) is 25.0 Å². The van der Waals surface area contributed by atoms with Gasteiger partial charge in [-0.15, -0.1) is 0 Å². The molecule has 1 heterocycles. The Balaban J connectivity index is 2.36. The molecule has 0 N–H and O–H groups in total. The van der Waals surface area contributed by atoms with Gasteiger partial charge in [0.05, 0.1) is 26.9 Å². The van der Waals surface area contributed by atoms with Crippen molar-refractivity contribution in [2.75, 3.05) is 34.4 Å². The smallest absolute Gasteiger partial charge is 0.257 e. The number of ether oxygens (including phenoxy) is 3. The van der Waals surface area contributed by atoms with Crippen molar-refractivity contribution in [1.29, 1.82) is 0 Å². The molecule has 1 aliphatic heterocycles. The van der Waals surface area contributed by atoms with Gasteiger partial charge in [0.1, 0.15) is 0 Å². The molecule has 1 amide bonds. The molecule has 0 bridgehead atoms. The topological polar surface area (TPSA) is 48.0 Å². The number of benzene rings is 1. The number of nitrogens with zero attached hydrogens (tertiary/aromatic N) is 1. The number of piperidine rings is 1. The van der Waals surface area contributed by atoms with Gasteiger partial charge in [-0.25, -0.2) is 0 Å². The molecule has 0 aromatic heterocycles. The normalized spacial score (nSPS) is 18.3. The highest BCUT2D eigenvalue weighted by Gasteiger charge is 2.27. The van der Waals surface area contributed by atoms with Crippen LogP contribution in [0.15, 0.2) is 12.1 Å². The lowest BCUT2D eigenvalue weighted by atomic mass is 10.1. The summed E-state index contributed by atoms with van der Waals surface area (Å²) in [6, 6.07) is 3.45. The molecule has 0 spiro atoms. The Morgan fingerprint density at radius 1 is 1.19 bits per heavy atom. The van der Waals surface area contributed by atoms with Gasteiger partial charge in [-0.3, -0.25) is 4.79 Å². The summed E-state index contributed by atoms with van der Waals surface area (Å²) in [5, 5.41) is 0. The minimum Gasteiger partial charge on any atom is -0.493 e. The fourth-order valence-corrected chi connectivity index (χ4v) is 3.22. The van der Waals surface area contributed by atoms with Gasteiger partial charge in [0, 0.05) is 17.9 Å². The molecule has 116 valence electrons. The molecule has 1 unspecified atom stereocenters. The predicted molar refractivity (Wildman–Crippen MR) is 84.0 cm³/mol.